The molecule has 4 heteroatoms. The summed E-state index contributed by atoms with van der Waals surface area (Å²) in [5, 5.41) is 3.58. The van der Waals surface area contributed by atoms with E-state index in [1.165, 1.54) is 28.8 Å². The van der Waals surface area contributed by atoms with Crippen molar-refractivity contribution in [2.45, 2.75) is 78.5 Å². The fourth-order valence-corrected chi connectivity index (χ4v) is 3.56. The van der Waals surface area contributed by atoms with E-state index in [9.17, 15) is 0 Å². The summed E-state index contributed by atoms with van der Waals surface area (Å²) < 4.78 is 8.02. The van der Waals surface area contributed by atoms with Crippen molar-refractivity contribution in [2.75, 3.05) is 20.2 Å². The summed E-state index contributed by atoms with van der Waals surface area (Å²) >= 11 is 0. The van der Waals surface area contributed by atoms with Gasteiger partial charge in [0.2, 0.25) is 0 Å². The second-order valence-corrected chi connectivity index (χ2v) is 7.77. The van der Waals surface area contributed by atoms with Crippen molar-refractivity contribution < 1.29 is 4.74 Å². The zero-order chi connectivity index (χ0) is 20.4. The quantitative estimate of drug-likeness (QED) is 0.469. The highest BCUT2D eigenvalue weighted by Crippen LogP contribution is 2.26. The van der Waals surface area contributed by atoms with Gasteiger partial charge in [0, 0.05) is 43.7 Å². The topological polar surface area (TPSA) is 52.2 Å². The first-order valence-electron chi connectivity index (χ1n) is 10.4. The number of allylic oxidation sites excluding steroid dienone is 1. The lowest BCUT2D eigenvalue weighted by molar-refractivity contribution is -0.0123. The molecule has 1 aromatic heterocycles. The third-order valence-corrected chi connectivity index (χ3v) is 5.51. The molecule has 27 heavy (non-hydrogen) atoms. The molecule has 0 aliphatic carbocycles. The van der Waals surface area contributed by atoms with Gasteiger partial charge in [0.25, 0.3) is 0 Å². The van der Waals surface area contributed by atoms with Crippen molar-refractivity contribution >= 4 is 12.2 Å². The molecule has 154 valence electrons. The van der Waals surface area contributed by atoms with Crippen molar-refractivity contribution in [1.29, 1.82) is 0 Å². The molecule has 0 saturated heterocycles. The minimum atomic E-state index is -0.219. The van der Waals surface area contributed by atoms with Gasteiger partial charge < -0.3 is 20.4 Å². The highest BCUT2D eigenvalue weighted by molar-refractivity contribution is 5.67. The molecule has 0 aliphatic rings. The van der Waals surface area contributed by atoms with E-state index in [1.807, 2.05) is 6.08 Å². The Morgan fingerprint density at radius 1 is 1.41 bits per heavy atom. The number of nitrogens with two attached hydrogens (primary N) is 1. The average molecular weight is 376 g/mol. The number of nitrogens with one attached hydrogen (secondary N) is 1. The molecule has 0 fully saturated rings. The molecule has 3 N–H and O–H groups in total. The number of nitrogens with zero attached hydrogens (tertiary/aromatic N) is 1. The maximum absolute atomic E-state index is 5.92. The van der Waals surface area contributed by atoms with Crippen LogP contribution in [0.15, 0.2) is 18.3 Å². The van der Waals surface area contributed by atoms with Crippen LogP contribution in [0, 0.1) is 0 Å². The smallest absolute Gasteiger partial charge is 0.0809 e. The van der Waals surface area contributed by atoms with Crippen LogP contribution < -0.4 is 11.1 Å². The summed E-state index contributed by atoms with van der Waals surface area (Å²) in [7, 11) is 1.76. The fourth-order valence-electron chi connectivity index (χ4n) is 3.56. The van der Waals surface area contributed by atoms with Crippen molar-refractivity contribution in [3.63, 3.8) is 0 Å². The maximum Gasteiger partial charge on any atom is 0.0809 e. The Morgan fingerprint density at radius 2 is 2.11 bits per heavy atom. The third-order valence-electron chi connectivity index (χ3n) is 5.51. The minimum absolute atomic E-state index is 0.219. The van der Waals surface area contributed by atoms with Gasteiger partial charge in [-0.2, -0.15) is 0 Å². The predicted molar refractivity (Wildman–Crippen MR) is 119 cm³/mol. The van der Waals surface area contributed by atoms with Crippen LogP contribution in [0.3, 0.4) is 0 Å². The lowest BCUT2D eigenvalue weighted by atomic mass is 9.96. The number of ether oxygens (including phenoxy) is 1. The third kappa shape index (κ3) is 6.34. The van der Waals surface area contributed by atoms with Crippen LogP contribution in [0.1, 0.15) is 83.2 Å². The van der Waals surface area contributed by atoms with Gasteiger partial charge in [-0.3, -0.25) is 0 Å². The van der Waals surface area contributed by atoms with Gasteiger partial charge in [-0.1, -0.05) is 38.5 Å². The van der Waals surface area contributed by atoms with Crippen LogP contribution in [0.25, 0.3) is 12.2 Å². The van der Waals surface area contributed by atoms with Crippen molar-refractivity contribution in [2.24, 2.45) is 5.73 Å². The Morgan fingerprint density at radius 3 is 2.59 bits per heavy atom. The molecule has 1 atom stereocenters. The molecule has 1 heterocycles. The molecule has 0 aliphatic heterocycles. The standard InChI is InChI=1S/C23H41N3O/c1-8-11-19(6)14-22-21(9-2)20(16-26(22)18(4)5)15-25-13-12-23(10-3,17-24)27-7/h9,14,16,18,25H,2,8,10-13,15,17,24H2,1,3-7H3/b19-14+. The number of hydrogen-bond acceptors (Lipinski definition) is 3. The first-order chi connectivity index (χ1) is 12.9. The summed E-state index contributed by atoms with van der Waals surface area (Å²) in [4.78, 5) is 0. The molecule has 0 radical (unpaired) electrons. The predicted octanol–water partition coefficient (Wildman–Crippen LogP) is 5.15. The molecule has 1 rings (SSSR count). The SMILES string of the molecule is C=Cc1c(CNCCC(CC)(CN)OC)cn(C(C)C)c1/C=C(\C)CCC. The zero-order valence-electron chi connectivity index (χ0n) is 18.4. The first-order valence-corrected chi connectivity index (χ1v) is 10.4. The number of rotatable bonds is 13. The summed E-state index contributed by atoms with van der Waals surface area (Å²) in [6, 6.07) is 0.414. The summed E-state index contributed by atoms with van der Waals surface area (Å²) in [5.74, 6) is 0. The van der Waals surface area contributed by atoms with E-state index in [0.717, 1.165) is 32.4 Å². The molecular formula is C23H41N3O. The van der Waals surface area contributed by atoms with Gasteiger partial charge in [0.05, 0.1) is 5.60 Å². The Bertz CT molecular complexity index is 601. The van der Waals surface area contributed by atoms with Gasteiger partial charge in [-0.05, 0) is 58.2 Å². The van der Waals surface area contributed by atoms with Crippen LogP contribution in [-0.4, -0.2) is 30.4 Å². The van der Waals surface area contributed by atoms with E-state index in [4.69, 9.17) is 10.5 Å². The van der Waals surface area contributed by atoms with Crippen molar-refractivity contribution in [1.82, 2.24) is 9.88 Å². The van der Waals surface area contributed by atoms with Crippen LogP contribution in [0.2, 0.25) is 0 Å². The average Bonchev–Trinajstić information content (AvgIpc) is 3.00. The second-order valence-electron chi connectivity index (χ2n) is 7.77. The molecule has 0 aromatic carbocycles. The Balaban J connectivity index is 2.95. The van der Waals surface area contributed by atoms with Gasteiger partial charge in [0.15, 0.2) is 0 Å². The fraction of sp³-hybridized carbons (Fsp3) is 0.652. The highest BCUT2D eigenvalue weighted by Gasteiger charge is 2.25. The largest absolute Gasteiger partial charge is 0.377 e. The minimum Gasteiger partial charge on any atom is -0.377 e. The van der Waals surface area contributed by atoms with Gasteiger partial charge in [-0.25, -0.2) is 0 Å². The first kappa shape index (κ1) is 23.7. The van der Waals surface area contributed by atoms with E-state index >= 15 is 0 Å². The van der Waals surface area contributed by atoms with Gasteiger partial charge >= 0.3 is 0 Å². The molecule has 1 unspecified atom stereocenters. The number of aromatic nitrogens is 1. The molecular weight excluding hydrogens is 334 g/mol. The summed E-state index contributed by atoms with van der Waals surface area (Å²) in [6.45, 7) is 17.4. The van der Waals surface area contributed by atoms with Crippen molar-refractivity contribution in [3.8, 4) is 0 Å². The zero-order valence-corrected chi connectivity index (χ0v) is 18.4. The van der Waals surface area contributed by atoms with Crippen LogP contribution >= 0.6 is 0 Å². The van der Waals surface area contributed by atoms with Gasteiger partial charge in [0.1, 0.15) is 0 Å². The molecule has 4 nitrogen and oxygen atoms in total. The number of hydrogen-bond donors (Lipinski definition) is 2. The van der Waals surface area contributed by atoms with Crippen molar-refractivity contribution in [3.05, 3.63) is 35.2 Å². The van der Waals surface area contributed by atoms with E-state index in [0.29, 0.717) is 12.6 Å². The lowest BCUT2D eigenvalue weighted by Gasteiger charge is -2.30. The molecule has 0 amide bonds. The van der Waals surface area contributed by atoms with Crippen LogP contribution in [0.5, 0.6) is 0 Å². The molecule has 0 saturated carbocycles. The Hall–Kier alpha value is -1.36. The Kier molecular flexibility index (Phi) is 10.1. The highest BCUT2D eigenvalue weighted by atomic mass is 16.5. The summed E-state index contributed by atoms with van der Waals surface area (Å²) in [6.07, 6.45) is 10.7. The number of methoxy groups -OCH3 is 1. The molecule has 1 aromatic rings. The molecule has 0 bridgehead atoms. The second kappa shape index (κ2) is 11.5. The van der Waals surface area contributed by atoms with E-state index < -0.39 is 0 Å². The molecule has 0 spiro atoms. The normalized spacial score (nSPS) is 14.6. The van der Waals surface area contributed by atoms with E-state index in [1.54, 1.807) is 7.11 Å². The van der Waals surface area contributed by atoms with Crippen LogP contribution in [0.4, 0.5) is 0 Å². The maximum atomic E-state index is 5.92. The van der Waals surface area contributed by atoms with E-state index in [-0.39, 0.29) is 5.60 Å². The van der Waals surface area contributed by atoms with E-state index in [2.05, 4.69) is 63.4 Å². The monoisotopic (exact) mass is 375 g/mol. The Labute approximate surface area is 166 Å². The van der Waals surface area contributed by atoms with Crippen LogP contribution in [-0.2, 0) is 11.3 Å². The van der Waals surface area contributed by atoms with Gasteiger partial charge in [-0.15, -0.1) is 0 Å². The lowest BCUT2D eigenvalue weighted by Crippen LogP contribution is -2.41. The summed E-state index contributed by atoms with van der Waals surface area (Å²) in [5.41, 5.74) is 10.9.